The summed E-state index contributed by atoms with van der Waals surface area (Å²) < 4.78 is 5.58. The Morgan fingerprint density at radius 1 is 1.17 bits per heavy atom. The Bertz CT molecular complexity index is 605. The molecule has 24 heavy (non-hydrogen) atoms. The number of hydrogen-bond donors (Lipinski definition) is 2. The van der Waals surface area contributed by atoms with Crippen LogP contribution in [0.2, 0.25) is 0 Å². The maximum Gasteiger partial charge on any atom is 0.260 e. The molecule has 0 bridgehead atoms. The molecule has 3 rings (SSSR count). The number of nitrogens with one attached hydrogen (secondary N) is 1. The molecule has 1 aromatic carbocycles. The molecule has 3 N–H and O–H groups in total. The summed E-state index contributed by atoms with van der Waals surface area (Å²) in [6, 6.07) is 7.10. The minimum atomic E-state index is -0.761. The van der Waals surface area contributed by atoms with E-state index in [0.29, 0.717) is 11.4 Å². The molecule has 6 heteroatoms. The number of carbonyl (C=O) groups excluding carboxylic acids is 2. The predicted molar refractivity (Wildman–Crippen MR) is 91.8 cm³/mol. The number of benzene rings is 1. The second kappa shape index (κ2) is 7.21. The fourth-order valence-corrected chi connectivity index (χ4v) is 3.36. The lowest BCUT2D eigenvalue weighted by Crippen LogP contribution is -2.48. The minimum Gasteiger partial charge on any atom is -0.484 e. The molecule has 6 nitrogen and oxygen atoms in total. The van der Waals surface area contributed by atoms with Crippen molar-refractivity contribution >= 4 is 17.5 Å². The quantitative estimate of drug-likeness (QED) is 0.863. The molecule has 2 fully saturated rings. The Morgan fingerprint density at radius 3 is 2.58 bits per heavy atom. The highest BCUT2D eigenvalue weighted by molar-refractivity contribution is 5.98. The Hall–Kier alpha value is -2.08. The van der Waals surface area contributed by atoms with Crippen molar-refractivity contribution in [2.24, 2.45) is 5.73 Å². The standard InChI is InChI=1S/C18H25N3O3/c19-18(8-1-2-9-18)17(23)20-14-6-5-7-15(12-14)24-13-16(22)21-10-3-4-11-21/h5-7,12H,1-4,8-11,13,19H2,(H,20,23). The molecule has 1 aliphatic heterocycles. The monoisotopic (exact) mass is 331 g/mol. The van der Waals surface area contributed by atoms with E-state index in [1.807, 2.05) is 4.90 Å². The highest BCUT2D eigenvalue weighted by atomic mass is 16.5. The van der Waals surface area contributed by atoms with Crippen LogP contribution in [0.3, 0.4) is 0 Å². The van der Waals surface area contributed by atoms with E-state index in [9.17, 15) is 9.59 Å². The van der Waals surface area contributed by atoms with Gasteiger partial charge >= 0.3 is 0 Å². The first-order valence-corrected chi connectivity index (χ1v) is 8.68. The molecule has 1 aliphatic carbocycles. The number of nitrogens with zero attached hydrogens (tertiary/aromatic N) is 1. The SMILES string of the molecule is NC1(C(=O)Nc2cccc(OCC(=O)N3CCCC3)c2)CCCC1. The van der Waals surface area contributed by atoms with Crippen LogP contribution < -0.4 is 15.8 Å². The fraction of sp³-hybridized carbons (Fsp3) is 0.556. The fourth-order valence-electron chi connectivity index (χ4n) is 3.36. The van der Waals surface area contributed by atoms with Crippen LogP contribution in [-0.4, -0.2) is 41.9 Å². The van der Waals surface area contributed by atoms with Crippen molar-refractivity contribution in [1.29, 1.82) is 0 Å². The van der Waals surface area contributed by atoms with Crippen molar-refractivity contribution in [3.8, 4) is 5.75 Å². The topological polar surface area (TPSA) is 84.7 Å². The van der Waals surface area contributed by atoms with E-state index >= 15 is 0 Å². The van der Waals surface area contributed by atoms with Crippen LogP contribution in [0, 0.1) is 0 Å². The number of carbonyl (C=O) groups is 2. The number of rotatable bonds is 5. The molecule has 1 saturated heterocycles. The van der Waals surface area contributed by atoms with Crippen molar-refractivity contribution in [2.45, 2.75) is 44.1 Å². The van der Waals surface area contributed by atoms with E-state index in [2.05, 4.69) is 5.32 Å². The lowest BCUT2D eigenvalue weighted by atomic mass is 9.98. The maximum absolute atomic E-state index is 12.4. The van der Waals surface area contributed by atoms with E-state index in [-0.39, 0.29) is 18.4 Å². The molecule has 1 saturated carbocycles. The van der Waals surface area contributed by atoms with Crippen molar-refractivity contribution in [3.05, 3.63) is 24.3 Å². The third kappa shape index (κ3) is 3.87. The van der Waals surface area contributed by atoms with Gasteiger partial charge in [-0.15, -0.1) is 0 Å². The molecule has 0 radical (unpaired) electrons. The minimum absolute atomic E-state index is 0.00815. The average Bonchev–Trinajstić information content (AvgIpc) is 3.25. The van der Waals surface area contributed by atoms with Gasteiger partial charge in [-0.3, -0.25) is 9.59 Å². The first-order valence-electron chi connectivity index (χ1n) is 8.68. The molecule has 2 amide bonds. The summed E-state index contributed by atoms with van der Waals surface area (Å²) in [7, 11) is 0. The van der Waals surface area contributed by atoms with Gasteiger partial charge in [-0.1, -0.05) is 18.9 Å². The molecule has 2 aliphatic rings. The summed E-state index contributed by atoms with van der Waals surface area (Å²) in [5, 5.41) is 2.87. The molecule has 0 atom stereocenters. The second-order valence-electron chi connectivity index (χ2n) is 6.72. The maximum atomic E-state index is 12.4. The Kier molecular flexibility index (Phi) is 5.04. The van der Waals surface area contributed by atoms with Crippen molar-refractivity contribution < 1.29 is 14.3 Å². The summed E-state index contributed by atoms with van der Waals surface area (Å²) in [6.07, 6.45) is 5.55. The third-order valence-corrected chi connectivity index (χ3v) is 4.86. The number of anilines is 1. The van der Waals surface area contributed by atoms with E-state index in [1.54, 1.807) is 24.3 Å². The average molecular weight is 331 g/mol. The van der Waals surface area contributed by atoms with Crippen LogP contribution in [0.4, 0.5) is 5.69 Å². The number of ether oxygens (including phenoxy) is 1. The molecular formula is C18H25N3O3. The van der Waals surface area contributed by atoms with Gasteiger partial charge in [0.2, 0.25) is 5.91 Å². The molecular weight excluding hydrogens is 306 g/mol. The highest BCUT2D eigenvalue weighted by Crippen LogP contribution is 2.29. The molecule has 0 aromatic heterocycles. The van der Waals surface area contributed by atoms with E-state index in [1.165, 1.54) is 0 Å². The summed E-state index contributed by atoms with van der Waals surface area (Å²) in [5.74, 6) is 0.428. The highest BCUT2D eigenvalue weighted by Gasteiger charge is 2.36. The molecule has 130 valence electrons. The normalized spacial score (nSPS) is 19.3. The van der Waals surface area contributed by atoms with Crippen LogP contribution in [0.15, 0.2) is 24.3 Å². The van der Waals surface area contributed by atoms with Gasteiger partial charge in [-0.25, -0.2) is 0 Å². The lowest BCUT2D eigenvalue weighted by Gasteiger charge is -2.22. The third-order valence-electron chi connectivity index (χ3n) is 4.86. The number of amides is 2. The number of likely N-dealkylation sites (tertiary alicyclic amines) is 1. The van der Waals surface area contributed by atoms with Gasteiger partial charge in [0.15, 0.2) is 6.61 Å². The lowest BCUT2D eigenvalue weighted by molar-refractivity contribution is -0.132. The Labute approximate surface area is 142 Å². The zero-order chi connectivity index (χ0) is 17.0. The van der Waals surface area contributed by atoms with Crippen molar-refractivity contribution in [3.63, 3.8) is 0 Å². The van der Waals surface area contributed by atoms with Crippen molar-refractivity contribution in [1.82, 2.24) is 4.90 Å². The molecule has 0 spiro atoms. The zero-order valence-electron chi connectivity index (χ0n) is 13.9. The first-order chi connectivity index (χ1) is 11.6. The summed E-state index contributed by atoms with van der Waals surface area (Å²) in [4.78, 5) is 26.2. The van der Waals surface area contributed by atoms with Crippen LogP contribution in [0.25, 0.3) is 0 Å². The molecule has 0 unspecified atom stereocenters. The van der Waals surface area contributed by atoms with E-state index in [4.69, 9.17) is 10.5 Å². The van der Waals surface area contributed by atoms with Gasteiger partial charge in [-0.05, 0) is 37.8 Å². The van der Waals surface area contributed by atoms with Gasteiger partial charge in [-0.2, -0.15) is 0 Å². The largest absolute Gasteiger partial charge is 0.484 e. The first kappa shape index (κ1) is 16.8. The second-order valence-corrected chi connectivity index (χ2v) is 6.72. The summed E-state index contributed by atoms with van der Waals surface area (Å²) >= 11 is 0. The van der Waals surface area contributed by atoms with Crippen LogP contribution in [0.1, 0.15) is 38.5 Å². The Balaban J connectivity index is 1.55. The van der Waals surface area contributed by atoms with Gasteiger partial charge in [0.25, 0.3) is 5.91 Å². The van der Waals surface area contributed by atoms with Gasteiger partial charge < -0.3 is 20.7 Å². The summed E-state index contributed by atoms with van der Waals surface area (Å²) in [5.41, 5.74) is 6.04. The van der Waals surface area contributed by atoms with E-state index < -0.39 is 5.54 Å². The zero-order valence-corrected chi connectivity index (χ0v) is 13.9. The van der Waals surface area contributed by atoms with E-state index in [0.717, 1.165) is 51.6 Å². The molecule has 1 aromatic rings. The van der Waals surface area contributed by atoms with Gasteiger partial charge in [0.05, 0.1) is 5.54 Å². The summed E-state index contributed by atoms with van der Waals surface area (Å²) in [6.45, 7) is 1.66. The van der Waals surface area contributed by atoms with Crippen molar-refractivity contribution in [2.75, 3.05) is 25.0 Å². The predicted octanol–water partition coefficient (Wildman–Crippen LogP) is 1.90. The van der Waals surface area contributed by atoms with Gasteiger partial charge in [0, 0.05) is 24.8 Å². The number of nitrogens with two attached hydrogens (primary N) is 1. The smallest absolute Gasteiger partial charge is 0.260 e. The number of hydrogen-bond acceptors (Lipinski definition) is 4. The van der Waals surface area contributed by atoms with Gasteiger partial charge in [0.1, 0.15) is 5.75 Å². The van der Waals surface area contributed by atoms with Crippen LogP contribution in [0.5, 0.6) is 5.75 Å². The van der Waals surface area contributed by atoms with Crippen LogP contribution >= 0.6 is 0 Å². The Morgan fingerprint density at radius 2 is 1.88 bits per heavy atom. The molecule has 1 heterocycles. The van der Waals surface area contributed by atoms with Crippen LogP contribution in [-0.2, 0) is 9.59 Å².